The number of nitrogens with zero attached hydrogens (tertiary/aromatic N) is 2. The van der Waals surface area contributed by atoms with Crippen LogP contribution in [0.25, 0.3) is 0 Å². The molecule has 1 aromatic heterocycles. The monoisotopic (exact) mass is 279 g/mol. The molecule has 1 aliphatic rings. The van der Waals surface area contributed by atoms with Crippen LogP contribution in [0.1, 0.15) is 17.3 Å². The molecule has 1 aliphatic heterocycles. The van der Waals surface area contributed by atoms with Crippen molar-refractivity contribution in [3.8, 4) is 5.88 Å². The van der Waals surface area contributed by atoms with Gasteiger partial charge in [0.05, 0.1) is 25.8 Å². The summed E-state index contributed by atoms with van der Waals surface area (Å²) in [7, 11) is 1.50. The number of ether oxygens (including phenoxy) is 2. The lowest BCUT2D eigenvalue weighted by atomic mass is 10.0. The number of carbonyl (C=O) groups is 2. The summed E-state index contributed by atoms with van der Waals surface area (Å²) in [4.78, 5) is 29.3. The molecule has 0 saturated carbocycles. The number of aromatic nitrogens is 1. The van der Waals surface area contributed by atoms with Crippen molar-refractivity contribution in [2.45, 2.75) is 12.5 Å². The van der Waals surface area contributed by atoms with E-state index in [0.717, 1.165) is 0 Å². The molecule has 7 heteroatoms. The number of primary amides is 1. The summed E-state index contributed by atoms with van der Waals surface area (Å²) in [6.45, 7) is 2.40. The van der Waals surface area contributed by atoms with Gasteiger partial charge in [-0.3, -0.25) is 9.59 Å². The number of hydrogen-bond donors (Lipinski definition) is 1. The lowest BCUT2D eigenvalue weighted by molar-refractivity contribution is -0.150. The summed E-state index contributed by atoms with van der Waals surface area (Å²) in [5, 5.41) is 0. The molecule has 2 rings (SSSR count). The lowest BCUT2D eigenvalue weighted by Gasteiger charge is -2.38. The summed E-state index contributed by atoms with van der Waals surface area (Å²) in [6, 6.07) is 3.24. The third-order valence-electron chi connectivity index (χ3n) is 3.28. The first-order valence-electron chi connectivity index (χ1n) is 6.19. The summed E-state index contributed by atoms with van der Waals surface area (Å²) in [5.74, 6) is -0.357. The van der Waals surface area contributed by atoms with Gasteiger partial charge in [-0.15, -0.1) is 0 Å². The van der Waals surface area contributed by atoms with Gasteiger partial charge in [-0.05, 0) is 13.0 Å². The predicted molar refractivity (Wildman–Crippen MR) is 70.2 cm³/mol. The van der Waals surface area contributed by atoms with E-state index < -0.39 is 11.5 Å². The van der Waals surface area contributed by atoms with Crippen LogP contribution >= 0.6 is 0 Å². The third-order valence-corrected chi connectivity index (χ3v) is 3.28. The molecule has 7 nitrogen and oxygen atoms in total. The molecule has 1 fully saturated rings. The van der Waals surface area contributed by atoms with Crippen molar-refractivity contribution in [3.63, 3.8) is 0 Å². The van der Waals surface area contributed by atoms with Gasteiger partial charge in [-0.1, -0.05) is 0 Å². The molecule has 1 aromatic rings. The predicted octanol–water partition coefficient (Wildman–Crippen LogP) is -0.193. The van der Waals surface area contributed by atoms with Gasteiger partial charge in [-0.25, -0.2) is 4.98 Å². The molecule has 0 radical (unpaired) electrons. The number of rotatable bonds is 3. The Morgan fingerprint density at radius 3 is 2.80 bits per heavy atom. The number of methoxy groups -OCH3 is 1. The number of amides is 2. The molecule has 0 spiro atoms. The molecule has 20 heavy (non-hydrogen) atoms. The first-order chi connectivity index (χ1) is 9.46. The average molecular weight is 279 g/mol. The quantitative estimate of drug-likeness (QED) is 0.827. The Bertz CT molecular complexity index is 517. The number of morpholine rings is 1. The van der Waals surface area contributed by atoms with E-state index in [1.54, 1.807) is 19.1 Å². The van der Waals surface area contributed by atoms with Crippen molar-refractivity contribution < 1.29 is 19.1 Å². The van der Waals surface area contributed by atoms with Crippen LogP contribution in [-0.2, 0) is 9.53 Å². The standard InChI is InChI=1S/C13H17N3O4/c1-13(12(14)18)8-16(5-6-20-13)11(17)9-3-4-10(19-2)15-7-9/h3-4,7H,5-6,8H2,1-2H3,(H2,14,18)/t13-/m0/s1. The molecule has 2 N–H and O–H groups in total. The van der Waals surface area contributed by atoms with Gasteiger partial charge < -0.3 is 20.1 Å². The molecule has 1 saturated heterocycles. The SMILES string of the molecule is COc1ccc(C(=O)N2CCO[C@](C)(C(N)=O)C2)cn1. The Kier molecular flexibility index (Phi) is 3.89. The number of nitrogens with two attached hydrogens (primary N) is 1. The van der Waals surface area contributed by atoms with Crippen molar-refractivity contribution in [2.24, 2.45) is 5.73 Å². The van der Waals surface area contributed by atoms with Crippen molar-refractivity contribution in [1.29, 1.82) is 0 Å². The van der Waals surface area contributed by atoms with E-state index in [4.69, 9.17) is 15.2 Å². The number of carbonyl (C=O) groups excluding carboxylic acids is 2. The smallest absolute Gasteiger partial charge is 0.255 e. The molecule has 0 aromatic carbocycles. The Hall–Kier alpha value is -2.15. The minimum absolute atomic E-state index is 0.132. The lowest BCUT2D eigenvalue weighted by Crippen LogP contribution is -2.58. The van der Waals surface area contributed by atoms with Crippen molar-refractivity contribution in [1.82, 2.24) is 9.88 Å². The van der Waals surface area contributed by atoms with E-state index in [-0.39, 0.29) is 19.1 Å². The molecular weight excluding hydrogens is 262 g/mol. The maximum absolute atomic E-state index is 12.3. The fourth-order valence-electron chi connectivity index (χ4n) is 2.00. The Morgan fingerprint density at radius 2 is 2.25 bits per heavy atom. The molecule has 2 amide bonds. The molecule has 1 atom stereocenters. The summed E-state index contributed by atoms with van der Waals surface area (Å²) in [5.41, 5.74) is 4.59. The maximum Gasteiger partial charge on any atom is 0.255 e. The fraction of sp³-hybridized carbons (Fsp3) is 0.462. The molecule has 0 aliphatic carbocycles. The van der Waals surface area contributed by atoms with Gasteiger partial charge in [-0.2, -0.15) is 0 Å². The van der Waals surface area contributed by atoms with E-state index in [2.05, 4.69) is 4.98 Å². The molecular formula is C13H17N3O4. The van der Waals surface area contributed by atoms with E-state index in [0.29, 0.717) is 18.0 Å². The van der Waals surface area contributed by atoms with E-state index in [1.165, 1.54) is 18.2 Å². The molecule has 0 unspecified atom stereocenters. The maximum atomic E-state index is 12.3. The molecule has 0 bridgehead atoms. The second-order valence-corrected chi connectivity index (χ2v) is 4.76. The van der Waals surface area contributed by atoms with Crippen molar-refractivity contribution in [2.75, 3.05) is 26.8 Å². The third kappa shape index (κ3) is 2.72. The second-order valence-electron chi connectivity index (χ2n) is 4.76. The normalized spacial score (nSPS) is 22.4. The zero-order chi connectivity index (χ0) is 14.8. The van der Waals surface area contributed by atoms with Crippen LogP contribution in [0.3, 0.4) is 0 Å². The largest absolute Gasteiger partial charge is 0.481 e. The van der Waals surface area contributed by atoms with Crippen LogP contribution in [0.5, 0.6) is 5.88 Å². The van der Waals surface area contributed by atoms with Gasteiger partial charge in [0.2, 0.25) is 5.88 Å². The van der Waals surface area contributed by atoms with Crippen LogP contribution in [-0.4, -0.2) is 54.1 Å². The Balaban J connectivity index is 2.14. The van der Waals surface area contributed by atoms with E-state index >= 15 is 0 Å². The van der Waals surface area contributed by atoms with Gasteiger partial charge in [0, 0.05) is 18.8 Å². The highest BCUT2D eigenvalue weighted by Gasteiger charge is 2.39. The first kappa shape index (κ1) is 14.3. The summed E-state index contributed by atoms with van der Waals surface area (Å²) >= 11 is 0. The van der Waals surface area contributed by atoms with Crippen molar-refractivity contribution >= 4 is 11.8 Å². The highest BCUT2D eigenvalue weighted by Crippen LogP contribution is 2.19. The minimum Gasteiger partial charge on any atom is -0.481 e. The zero-order valence-electron chi connectivity index (χ0n) is 11.5. The Labute approximate surface area is 116 Å². The van der Waals surface area contributed by atoms with Gasteiger partial charge in [0.1, 0.15) is 0 Å². The minimum atomic E-state index is -1.15. The topological polar surface area (TPSA) is 94.7 Å². The summed E-state index contributed by atoms with van der Waals surface area (Å²) in [6.07, 6.45) is 1.44. The van der Waals surface area contributed by atoms with Gasteiger partial charge >= 0.3 is 0 Å². The Morgan fingerprint density at radius 1 is 1.50 bits per heavy atom. The first-order valence-corrected chi connectivity index (χ1v) is 6.19. The van der Waals surface area contributed by atoms with Crippen LogP contribution in [0.4, 0.5) is 0 Å². The zero-order valence-corrected chi connectivity index (χ0v) is 11.5. The van der Waals surface area contributed by atoms with Gasteiger partial charge in [0.25, 0.3) is 11.8 Å². The van der Waals surface area contributed by atoms with Crippen molar-refractivity contribution in [3.05, 3.63) is 23.9 Å². The number of pyridine rings is 1. The number of hydrogen-bond acceptors (Lipinski definition) is 5. The highest BCUT2D eigenvalue weighted by molar-refractivity contribution is 5.95. The van der Waals surface area contributed by atoms with Crippen LogP contribution in [0, 0.1) is 0 Å². The van der Waals surface area contributed by atoms with Crippen LogP contribution in [0.2, 0.25) is 0 Å². The molecule has 2 heterocycles. The van der Waals surface area contributed by atoms with Gasteiger partial charge in [0.15, 0.2) is 5.60 Å². The second kappa shape index (κ2) is 5.46. The van der Waals surface area contributed by atoms with E-state index in [9.17, 15) is 9.59 Å². The van der Waals surface area contributed by atoms with Crippen LogP contribution in [0.15, 0.2) is 18.3 Å². The summed E-state index contributed by atoms with van der Waals surface area (Å²) < 4.78 is 10.3. The van der Waals surface area contributed by atoms with Crippen LogP contribution < -0.4 is 10.5 Å². The highest BCUT2D eigenvalue weighted by atomic mass is 16.5. The molecule has 108 valence electrons. The van der Waals surface area contributed by atoms with E-state index in [1.807, 2.05) is 0 Å². The fourth-order valence-corrected chi connectivity index (χ4v) is 2.00. The average Bonchev–Trinajstić information content (AvgIpc) is 2.46.